The summed E-state index contributed by atoms with van der Waals surface area (Å²) >= 11 is 0. The predicted octanol–water partition coefficient (Wildman–Crippen LogP) is 3.46. The fourth-order valence-electron chi connectivity index (χ4n) is 4.74. The molecular formula is C26H32N4O3. The van der Waals surface area contributed by atoms with E-state index in [0.29, 0.717) is 19.4 Å². The summed E-state index contributed by atoms with van der Waals surface area (Å²) in [4.78, 5) is 35.7. The van der Waals surface area contributed by atoms with E-state index in [9.17, 15) is 9.59 Å². The van der Waals surface area contributed by atoms with Gasteiger partial charge in [-0.1, -0.05) is 24.3 Å². The molecule has 2 aliphatic heterocycles. The van der Waals surface area contributed by atoms with Crippen LogP contribution in [0.15, 0.2) is 54.9 Å². The van der Waals surface area contributed by atoms with Crippen molar-refractivity contribution in [1.82, 2.24) is 19.7 Å². The van der Waals surface area contributed by atoms with Crippen LogP contribution in [-0.2, 0) is 11.2 Å². The monoisotopic (exact) mass is 448 g/mol. The van der Waals surface area contributed by atoms with E-state index in [1.165, 1.54) is 10.5 Å². The van der Waals surface area contributed by atoms with Crippen molar-refractivity contribution in [3.8, 4) is 5.75 Å². The first kappa shape index (κ1) is 23.0. The Morgan fingerprint density at radius 2 is 1.76 bits per heavy atom. The highest BCUT2D eigenvalue weighted by Crippen LogP contribution is 2.36. The molecule has 3 amide bonds. The maximum Gasteiger partial charge on any atom is 0.327 e. The zero-order chi connectivity index (χ0) is 23.3. The number of rotatable bonds is 8. The molecule has 0 atom stereocenters. The Kier molecular flexibility index (Phi) is 7.08. The Labute approximate surface area is 195 Å². The van der Waals surface area contributed by atoms with Crippen molar-refractivity contribution in [3.63, 3.8) is 0 Å². The zero-order valence-electron chi connectivity index (χ0n) is 19.4. The summed E-state index contributed by atoms with van der Waals surface area (Å²) in [5.41, 5.74) is 1.61. The fraction of sp³-hybridized carbons (Fsp3) is 0.423. The van der Waals surface area contributed by atoms with E-state index in [1.54, 1.807) is 31.5 Å². The predicted molar refractivity (Wildman–Crippen MR) is 128 cm³/mol. The summed E-state index contributed by atoms with van der Waals surface area (Å²) in [6, 6.07) is 11.7. The third-order valence-corrected chi connectivity index (χ3v) is 6.87. The van der Waals surface area contributed by atoms with Gasteiger partial charge in [-0.2, -0.15) is 0 Å². The molecule has 7 heteroatoms. The average Bonchev–Trinajstić information content (AvgIpc) is 3.02. The van der Waals surface area contributed by atoms with E-state index in [1.807, 2.05) is 36.4 Å². The molecule has 1 aromatic carbocycles. The number of carbonyl (C=O) groups excluding carboxylic acids is 2. The second-order valence-corrected chi connectivity index (χ2v) is 8.77. The second kappa shape index (κ2) is 10.2. The number of likely N-dealkylation sites (N-methyl/N-ethyl adjacent to an activating group) is 1. The van der Waals surface area contributed by atoms with Crippen molar-refractivity contribution in [2.45, 2.75) is 31.2 Å². The first-order valence-electron chi connectivity index (χ1n) is 11.5. The molecule has 3 heterocycles. The first-order valence-corrected chi connectivity index (χ1v) is 11.5. The number of carbonyl (C=O) groups is 2. The van der Waals surface area contributed by atoms with Gasteiger partial charge >= 0.3 is 6.03 Å². The molecule has 2 fully saturated rings. The number of amides is 3. The van der Waals surface area contributed by atoms with Crippen LogP contribution < -0.4 is 4.74 Å². The van der Waals surface area contributed by atoms with Crippen LogP contribution in [0.2, 0.25) is 0 Å². The number of piperidine rings is 1. The Bertz CT molecular complexity index is 982. The number of nitrogens with zero attached hydrogens (tertiary/aromatic N) is 4. The molecule has 0 N–H and O–H groups in total. The van der Waals surface area contributed by atoms with Gasteiger partial charge in [0.25, 0.3) is 5.91 Å². The SMILES string of the molecule is COc1ccc(/C=C/CN2CCC3(CC2)C(=O)N(CCCc2ccncc2)C(=O)N3C)cc1. The maximum atomic E-state index is 13.3. The Morgan fingerprint density at radius 3 is 2.42 bits per heavy atom. The average molecular weight is 449 g/mol. The molecule has 174 valence electrons. The number of ether oxygens (including phenoxy) is 1. The summed E-state index contributed by atoms with van der Waals surface area (Å²) in [7, 11) is 3.44. The highest BCUT2D eigenvalue weighted by Gasteiger charge is 2.56. The number of imide groups is 1. The van der Waals surface area contributed by atoms with Gasteiger partial charge in [-0.3, -0.25) is 19.6 Å². The van der Waals surface area contributed by atoms with E-state index >= 15 is 0 Å². The van der Waals surface area contributed by atoms with Gasteiger partial charge in [-0.15, -0.1) is 0 Å². The summed E-state index contributed by atoms with van der Waals surface area (Å²) in [5, 5.41) is 0. The molecule has 2 saturated heterocycles. The zero-order valence-corrected chi connectivity index (χ0v) is 19.4. The van der Waals surface area contributed by atoms with Gasteiger partial charge in [0.05, 0.1) is 7.11 Å². The molecule has 0 aliphatic carbocycles. The normalized spacial score (nSPS) is 18.6. The van der Waals surface area contributed by atoms with Crippen molar-refractivity contribution in [1.29, 1.82) is 0 Å². The standard InChI is InChI=1S/C26H32N4O3/c1-28-25(32)30(18-4-6-22-11-15-27-16-12-22)24(31)26(28)13-19-29(20-14-26)17-3-5-21-7-9-23(33-2)10-8-21/h3,5,7-12,15-16H,4,6,13-14,17-20H2,1-2H3/b5-3+. The van der Waals surface area contributed by atoms with Gasteiger partial charge in [0.15, 0.2) is 0 Å². The van der Waals surface area contributed by atoms with Crippen LogP contribution in [0.25, 0.3) is 6.08 Å². The number of aryl methyl sites for hydroxylation is 1. The van der Waals surface area contributed by atoms with Crippen LogP contribution in [0.4, 0.5) is 4.79 Å². The van der Waals surface area contributed by atoms with Crippen LogP contribution in [0.1, 0.15) is 30.4 Å². The minimum Gasteiger partial charge on any atom is -0.497 e. The van der Waals surface area contributed by atoms with Crippen LogP contribution in [-0.4, -0.2) is 77.5 Å². The van der Waals surface area contributed by atoms with Crippen LogP contribution in [0, 0.1) is 0 Å². The number of hydrogen-bond acceptors (Lipinski definition) is 5. The molecule has 0 unspecified atom stereocenters. The van der Waals surface area contributed by atoms with Gasteiger partial charge in [0.2, 0.25) is 0 Å². The third-order valence-electron chi connectivity index (χ3n) is 6.87. The lowest BCUT2D eigenvalue weighted by Gasteiger charge is -2.40. The number of aromatic nitrogens is 1. The smallest absolute Gasteiger partial charge is 0.327 e. The lowest BCUT2D eigenvalue weighted by atomic mass is 9.86. The van der Waals surface area contributed by atoms with Gasteiger partial charge in [-0.25, -0.2) is 4.79 Å². The molecule has 1 aromatic heterocycles. The number of benzene rings is 1. The lowest BCUT2D eigenvalue weighted by molar-refractivity contribution is -0.135. The van der Waals surface area contributed by atoms with Gasteiger partial charge in [0.1, 0.15) is 11.3 Å². The van der Waals surface area contributed by atoms with E-state index < -0.39 is 5.54 Å². The number of methoxy groups -OCH3 is 1. The van der Waals surface area contributed by atoms with E-state index in [0.717, 1.165) is 43.8 Å². The third kappa shape index (κ3) is 4.93. The Morgan fingerprint density at radius 1 is 1.06 bits per heavy atom. The first-order chi connectivity index (χ1) is 16.0. The minimum absolute atomic E-state index is 0.0295. The number of urea groups is 1. The van der Waals surface area contributed by atoms with Gasteiger partial charge < -0.3 is 9.64 Å². The summed E-state index contributed by atoms with van der Waals surface area (Å²) in [6.07, 6.45) is 10.7. The minimum atomic E-state index is -0.691. The van der Waals surface area contributed by atoms with Crippen molar-refractivity contribution in [2.24, 2.45) is 0 Å². The maximum absolute atomic E-state index is 13.3. The quantitative estimate of drug-likeness (QED) is 0.579. The van der Waals surface area contributed by atoms with Crippen molar-refractivity contribution in [3.05, 3.63) is 66.0 Å². The number of hydrogen-bond donors (Lipinski definition) is 0. The summed E-state index contributed by atoms with van der Waals surface area (Å²) in [6.45, 7) is 2.87. The van der Waals surface area contributed by atoms with E-state index in [4.69, 9.17) is 4.74 Å². The van der Waals surface area contributed by atoms with Crippen LogP contribution in [0.5, 0.6) is 5.75 Å². The number of pyridine rings is 1. The fourth-order valence-corrected chi connectivity index (χ4v) is 4.74. The Hall–Kier alpha value is -3.19. The molecule has 0 radical (unpaired) electrons. The van der Waals surface area contributed by atoms with E-state index in [-0.39, 0.29) is 11.9 Å². The van der Waals surface area contributed by atoms with Crippen molar-refractivity contribution in [2.75, 3.05) is 40.3 Å². The largest absolute Gasteiger partial charge is 0.497 e. The molecule has 4 rings (SSSR count). The molecule has 33 heavy (non-hydrogen) atoms. The molecular weight excluding hydrogens is 416 g/mol. The molecule has 7 nitrogen and oxygen atoms in total. The lowest BCUT2D eigenvalue weighted by Crippen LogP contribution is -2.55. The van der Waals surface area contributed by atoms with Crippen molar-refractivity contribution < 1.29 is 14.3 Å². The van der Waals surface area contributed by atoms with Crippen molar-refractivity contribution >= 4 is 18.0 Å². The summed E-state index contributed by atoms with van der Waals surface area (Å²) < 4.78 is 5.20. The summed E-state index contributed by atoms with van der Waals surface area (Å²) in [5.74, 6) is 0.818. The van der Waals surface area contributed by atoms with Gasteiger partial charge in [-0.05, 0) is 61.1 Å². The molecule has 1 spiro atoms. The molecule has 2 aliphatic rings. The highest BCUT2D eigenvalue weighted by molar-refractivity contribution is 6.07. The second-order valence-electron chi connectivity index (χ2n) is 8.77. The number of likely N-dealkylation sites (tertiary alicyclic amines) is 1. The topological polar surface area (TPSA) is 66.0 Å². The highest BCUT2D eigenvalue weighted by atomic mass is 16.5. The van der Waals surface area contributed by atoms with Gasteiger partial charge in [0, 0.05) is 45.6 Å². The molecule has 2 aromatic rings. The van der Waals surface area contributed by atoms with Crippen LogP contribution >= 0.6 is 0 Å². The Balaban J connectivity index is 1.29. The van der Waals surface area contributed by atoms with Crippen LogP contribution in [0.3, 0.4) is 0 Å². The molecule has 0 saturated carbocycles. The van der Waals surface area contributed by atoms with E-state index in [2.05, 4.69) is 22.0 Å². The molecule has 0 bridgehead atoms.